The summed E-state index contributed by atoms with van der Waals surface area (Å²) in [5.74, 6) is 1.54. The zero-order chi connectivity index (χ0) is 38.7. The van der Waals surface area contributed by atoms with Gasteiger partial charge in [-0.05, 0) is 121 Å². The second kappa shape index (κ2) is 15.3. The first-order valence-electron chi connectivity index (χ1n) is 19.3. The molecule has 7 aromatic carbocycles. The molecule has 0 saturated carbocycles. The Hall–Kier alpha value is -7.89. The normalized spacial score (nSPS) is 11.1. The molecule has 0 bridgehead atoms. The van der Waals surface area contributed by atoms with Gasteiger partial charge in [0.2, 0.25) is 0 Å². The lowest BCUT2D eigenvalue weighted by Gasteiger charge is -2.15. The molecular weight excluding hydrogens is 707 g/mol. The Kier molecular flexibility index (Phi) is 9.14. The molecule has 10 aromatic rings. The highest BCUT2D eigenvalue weighted by molar-refractivity contribution is 5.90. The molecule has 0 amide bonds. The number of benzene rings is 7. The summed E-state index contributed by atoms with van der Waals surface area (Å²) in [4.78, 5) is 23.8. The average molecular weight is 742 g/mol. The first kappa shape index (κ1) is 34.6. The largest absolute Gasteiger partial charge is 0.253 e. The van der Waals surface area contributed by atoms with Crippen molar-refractivity contribution in [3.63, 3.8) is 0 Å². The highest BCUT2D eigenvalue weighted by Gasteiger charge is 2.17. The van der Waals surface area contributed by atoms with E-state index in [1.807, 2.05) is 42.5 Å². The molecular formula is C53H35N5. The van der Waals surface area contributed by atoms with Gasteiger partial charge in [0.25, 0.3) is 0 Å². The maximum Gasteiger partial charge on any atom is 0.182 e. The monoisotopic (exact) mass is 741 g/mol. The summed E-state index contributed by atoms with van der Waals surface area (Å²) in [7, 11) is 0. The van der Waals surface area contributed by atoms with Crippen LogP contribution in [0.5, 0.6) is 0 Å². The van der Waals surface area contributed by atoms with Crippen LogP contribution in [0.25, 0.3) is 101 Å². The molecule has 5 heteroatoms. The number of aromatic nitrogens is 5. The lowest BCUT2D eigenvalue weighted by Crippen LogP contribution is -2.02. The average Bonchev–Trinajstić information content (AvgIpc) is 3.32. The zero-order valence-electron chi connectivity index (χ0n) is 31.4. The van der Waals surface area contributed by atoms with E-state index in [0.717, 1.165) is 38.9 Å². The van der Waals surface area contributed by atoms with Crippen LogP contribution >= 0.6 is 0 Å². The molecule has 0 radical (unpaired) electrons. The SMILES string of the molecule is c1ccc(-c2cc(-c3nc(-c4ccccn4)nc(-c4ccccn4)n3)ccc2-c2cccc(-c3cccc(-c4cccc(-c5ccc6ccccc6c5)c4)c3)c2)cc1. The van der Waals surface area contributed by atoms with E-state index in [0.29, 0.717) is 28.9 Å². The maximum absolute atomic E-state index is 4.95. The van der Waals surface area contributed by atoms with Gasteiger partial charge < -0.3 is 0 Å². The van der Waals surface area contributed by atoms with Gasteiger partial charge in [0.1, 0.15) is 11.4 Å². The molecule has 0 fully saturated rings. The van der Waals surface area contributed by atoms with Gasteiger partial charge in [0.15, 0.2) is 17.5 Å². The first-order valence-corrected chi connectivity index (χ1v) is 19.3. The number of pyridine rings is 2. The van der Waals surface area contributed by atoms with Crippen molar-refractivity contribution in [1.29, 1.82) is 0 Å². The number of hydrogen-bond acceptors (Lipinski definition) is 5. The summed E-state index contributed by atoms with van der Waals surface area (Å²) < 4.78 is 0. The highest BCUT2D eigenvalue weighted by atomic mass is 15.1. The van der Waals surface area contributed by atoms with Crippen LogP contribution in [0.15, 0.2) is 213 Å². The molecule has 58 heavy (non-hydrogen) atoms. The molecule has 0 atom stereocenters. The summed E-state index contributed by atoms with van der Waals surface area (Å²) in [5, 5.41) is 2.49. The van der Waals surface area contributed by atoms with Gasteiger partial charge in [-0.15, -0.1) is 0 Å². The van der Waals surface area contributed by atoms with E-state index in [4.69, 9.17) is 15.0 Å². The van der Waals surface area contributed by atoms with Crippen LogP contribution in [-0.2, 0) is 0 Å². The molecule has 0 aliphatic carbocycles. The van der Waals surface area contributed by atoms with Crippen LogP contribution in [-0.4, -0.2) is 24.9 Å². The molecule has 0 spiro atoms. The van der Waals surface area contributed by atoms with E-state index in [1.54, 1.807) is 12.4 Å². The Morgan fingerprint density at radius 2 is 0.707 bits per heavy atom. The summed E-state index contributed by atoms with van der Waals surface area (Å²) in [5.41, 5.74) is 13.7. The number of nitrogens with zero attached hydrogens (tertiary/aromatic N) is 5. The van der Waals surface area contributed by atoms with Crippen LogP contribution in [0.4, 0.5) is 0 Å². The third-order valence-corrected chi connectivity index (χ3v) is 10.4. The summed E-state index contributed by atoms with van der Waals surface area (Å²) >= 11 is 0. The van der Waals surface area contributed by atoms with Crippen molar-refractivity contribution in [2.75, 3.05) is 0 Å². The summed E-state index contributed by atoms with van der Waals surface area (Å²) in [6.45, 7) is 0. The van der Waals surface area contributed by atoms with Crippen molar-refractivity contribution in [3.8, 4) is 90.1 Å². The Morgan fingerprint density at radius 3 is 1.29 bits per heavy atom. The third kappa shape index (κ3) is 7.04. The van der Waals surface area contributed by atoms with Crippen LogP contribution in [0, 0.1) is 0 Å². The van der Waals surface area contributed by atoms with Crippen molar-refractivity contribution in [3.05, 3.63) is 213 Å². The van der Waals surface area contributed by atoms with Gasteiger partial charge in [-0.1, -0.05) is 146 Å². The molecule has 3 aromatic heterocycles. The molecule has 0 N–H and O–H groups in total. The van der Waals surface area contributed by atoms with E-state index in [2.05, 4.69) is 168 Å². The van der Waals surface area contributed by atoms with Crippen LogP contribution < -0.4 is 0 Å². The maximum atomic E-state index is 4.95. The van der Waals surface area contributed by atoms with E-state index < -0.39 is 0 Å². The zero-order valence-corrected chi connectivity index (χ0v) is 31.4. The molecule has 272 valence electrons. The predicted octanol–water partition coefficient (Wildman–Crippen LogP) is 13.2. The summed E-state index contributed by atoms with van der Waals surface area (Å²) in [6.07, 6.45) is 3.49. The fourth-order valence-corrected chi connectivity index (χ4v) is 7.51. The van der Waals surface area contributed by atoms with E-state index in [9.17, 15) is 0 Å². The van der Waals surface area contributed by atoms with Crippen molar-refractivity contribution >= 4 is 10.8 Å². The lowest BCUT2D eigenvalue weighted by molar-refractivity contribution is 1.05. The highest BCUT2D eigenvalue weighted by Crippen LogP contribution is 2.38. The van der Waals surface area contributed by atoms with Crippen LogP contribution in [0.3, 0.4) is 0 Å². The Morgan fingerprint density at radius 1 is 0.241 bits per heavy atom. The van der Waals surface area contributed by atoms with Gasteiger partial charge in [-0.25, -0.2) is 15.0 Å². The van der Waals surface area contributed by atoms with Crippen molar-refractivity contribution in [1.82, 2.24) is 24.9 Å². The Balaban J connectivity index is 1.03. The number of fused-ring (bicyclic) bond motifs is 1. The molecule has 0 unspecified atom stereocenters. The quantitative estimate of drug-likeness (QED) is 0.155. The first-order chi connectivity index (χ1) is 28.7. The third-order valence-electron chi connectivity index (χ3n) is 10.4. The lowest BCUT2D eigenvalue weighted by atomic mass is 9.90. The number of hydrogen-bond donors (Lipinski definition) is 0. The van der Waals surface area contributed by atoms with Gasteiger partial charge in [-0.3, -0.25) is 9.97 Å². The van der Waals surface area contributed by atoms with Crippen LogP contribution in [0.2, 0.25) is 0 Å². The second-order valence-corrected chi connectivity index (χ2v) is 14.2. The van der Waals surface area contributed by atoms with Gasteiger partial charge in [0.05, 0.1) is 0 Å². The molecule has 10 rings (SSSR count). The summed E-state index contributed by atoms with van der Waals surface area (Å²) in [6, 6.07) is 70.0. The van der Waals surface area contributed by atoms with E-state index >= 15 is 0 Å². The molecule has 0 saturated heterocycles. The Labute approximate surface area is 337 Å². The standard InChI is InChI=1S/C53H35N5/c1-2-14-37(15-3-1)48-35-46(51-56-52(49-23-6-8-29-54-49)58-53(57-51)50-24-7-9-30-55-50)27-28-47(48)45-22-12-21-43(34-45)41-19-10-17-39(32-41)40-18-11-20-42(33-40)44-26-25-36-13-4-5-16-38(36)31-44/h1-35H. The van der Waals surface area contributed by atoms with Crippen molar-refractivity contribution in [2.24, 2.45) is 0 Å². The van der Waals surface area contributed by atoms with Gasteiger partial charge in [-0.2, -0.15) is 0 Å². The van der Waals surface area contributed by atoms with E-state index in [1.165, 1.54) is 33.0 Å². The van der Waals surface area contributed by atoms with Crippen molar-refractivity contribution in [2.45, 2.75) is 0 Å². The minimum absolute atomic E-state index is 0.493. The van der Waals surface area contributed by atoms with Crippen LogP contribution in [0.1, 0.15) is 0 Å². The molecule has 3 heterocycles. The predicted molar refractivity (Wildman–Crippen MR) is 236 cm³/mol. The van der Waals surface area contributed by atoms with E-state index in [-0.39, 0.29) is 0 Å². The van der Waals surface area contributed by atoms with Gasteiger partial charge in [0, 0.05) is 18.0 Å². The molecule has 5 nitrogen and oxygen atoms in total. The topological polar surface area (TPSA) is 64.5 Å². The fourth-order valence-electron chi connectivity index (χ4n) is 7.51. The van der Waals surface area contributed by atoms with Gasteiger partial charge >= 0.3 is 0 Å². The molecule has 0 aliphatic rings. The number of rotatable bonds is 8. The minimum atomic E-state index is 0.493. The minimum Gasteiger partial charge on any atom is -0.253 e. The Bertz CT molecular complexity index is 3000. The smallest absolute Gasteiger partial charge is 0.182 e. The molecule has 0 aliphatic heterocycles. The fraction of sp³-hybridized carbons (Fsp3) is 0. The second-order valence-electron chi connectivity index (χ2n) is 14.2. The van der Waals surface area contributed by atoms with Crippen molar-refractivity contribution < 1.29 is 0 Å².